The molecule has 0 saturated heterocycles. The molecule has 0 unspecified atom stereocenters. The summed E-state index contributed by atoms with van der Waals surface area (Å²) in [6.07, 6.45) is -2.65. The smallest absolute Gasteiger partial charge is 0.296 e. The number of aryl methyl sites for hydroxylation is 1. The number of hydrogen-bond donors (Lipinski definition) is 1. The van der Waals surface area contributed by atoms with Gasteiger partial charge in [-0.05, 0) is 24.6 Å². The van der Waals surface area contributed by atoms with Crippen molar-refractivity contribution in [3.05, 3.63) is 63.5 Å². The highest BCUT2D eigenvalue weighted by molar-refractivity contribution is 5.52. The summed E-state index contributed by atoms with van der Waals surface area (Å²) in [5, 5.41) is 3.57. The van der Waals surface area contributed by atoms with E-state index >= 15 is 0 Å². The molecule has 124 valence electrons. The number of halogens is 3. The highest BCUT2D eigenvalue weighted by Gasteiger charge is 2.30. The topological polar surface area (TPSA) is 84.7 Å². The lowest BCUT2D eigenvalue weighted by Gasteiger charge is -2.09. The highest BCUT2D eigenvalue weighted by atomic mass is 19.4. The Bertz CT molecular complexity index is 913. The lowest BCUT2D eigenvalue weighted by atomic mass is 10.1. The summed E-state index contributed by atoms with van der Waals surface area (Å²) in [7, 11) is 0. The third-order valence-corrected chi connectivity index (χ3v) is 3.28. The molecule has 0 spiro atoms. The van der Waals surface area contributed by atoms with Crippen LogP contribution in [0, 0.1) is 6.92 Å². The molecule has 2 aromatic heterocycles. The van der Waals surface area contributed by atoms with Crippen LogP contribution in [0.25, 0.3) is 11.5 Å². The summed E-state index contributed by atoms with van der Waals surface area (Å²) in [5.74, 6) is -0.609. The van der Waals surface area contributed by atoms with E-state index in [9.17, 15) is 18.0 Å². The fourth-order valence-electron chi connectivity index (χ4n) is 2.19. The maximum Gasteiger partial charge on any atom is 0.439 e. The molecule has 0 saturated carbocycles. The van der Waals surface area contributed by atoms with Crippen LogP contribution in [-0.2, 0) is 12.6 Å². The van der Waals surface area contributed by atoms with Gasteiger partial charge >= 0.3 is 11.9 Å². The molecule has 3 aromatic rings. The molecular formula is C15H11F3N4O2. The Morgan fingerprint density at radius 1 is 1.21 bits per heavy atom. The van der Waals surface area contributed by atoms with E-state index in [1.165, 1.54) is 18.3 Å². The van der Waals surface area contributed by atoms with Gasteiger partial charge in [0.25, 0.3) is 0 Å². The molecule has 0 fully saturated rings. The lowest BCUT2D eigenvalue weighted by Crippen LogP contribution is -2.06. The van der Waals surface area contributed by atoms with Crippen molar-refractivity contribution >= 4 is 0 Å². The average Bonchev–Trinajstić information content (AvgIpc) is 2.93. The number of nitrogens with one attached hydrogen (secondary N) is 1. The van der Waals surface area contributed by atoms with Crippen LogP contribution >= 0.6 is 0 Å². The van der Waals surface area contributed by atoms with E-state index in [0.29, 0.717) is 22.6 Å². The minimum absolute atomic E-state index is 0.120. The Morgan fingerprint density at radius 3 is 2.50 bits per heavy atom. The largest absolute Gasteiger partial charge is 0.439 e. The summed E-state index contributed by atoms with van der Waals surface area (Å²) < 4.78 is 42.3. The average molecular weight is 336 g/mol. The first-order valence-corrected chi connectivity index (χ1v) is 6.88. The number of H-pyrrole nitrogens is 1. The Hall–Kier alpha value is -2.97. The van der Waals surface area contributed by atoms with Gasteiger partial charge in [-0.1, -0.05) is 17.3 Å². The second-order valence-corrected chi connectivity index (χ2v) is 5.12. The fourth-order valence-corrected chi connectivity index (χ4v) is 2.19. The van der Waals surface area contributed by atoms with Gasteiger partial charge in [-0.15, -0.1) is 0 Å². The van der Waals surface area contributed by atoms with E-state index in [1.54, 1.807) is 6.92 Å². The van der Waals surface area contributed by atoms with Crippen LogP contribution in [0.4, 0.5) is 13.2 Å². The van der Waals surface area contributed by atoms with Crippen molar-refractivity contribution in [2.24, 2.45) is 0 Å². The van der Waals surface area contributed by atoms with E-state index in [4.69, 9.17) is 0 Å². The molecule has 0 aliphatic carbocycles. The van der Waals surface area contributed by atoms with Crippen LogP contribution in [-0.4, -0.2) is 20.1 Å². The quantitative estimate of drug-likeness (QED) is 0.795. The first kappa shape index (κ1) is 15.9. The fraction of sp³-hybridized carbons (Fsp3) is 0.200. The van der Waals surface area contributed by atoms with Crippen LogP contribution < -0.4 is 5.76 Å². The van der Waals surface area contributed by atoms with E-state index in [-0.39, 0.29) is 12.2 Å². The number of alkyl halides is 3. The van der Waals surface area contributed by atoms with E-state index < -0.39 is 17.5 Å². The number of nitrogens with zero attached hydrogens (tertiary/aromatic N) is 3. The van der Waals surface area contributed by atoms with Gasteiger partial charge in [0.2, 0.25) is 5.82 Å². The van der Waals surface area contributed by atoms with Gasteiger partial charge in [-0.3, -0.25) is 14.5 Å². The predicted molar refractivity (Wildman–Crippen MR) is 77.1 cm³/mol. The molecule has 0 aliphatic heterocycles. The van der Waals surface area contributed by atoms with Crippen LogP contribution in [0.2, 0.25) is 0 Å². The summed E-state index contributed by atoms with van der Waals surface area (Å²) in [4.78, 5) is 22.0. The molecule has 0 radical (unpaired) electrons. The number of benzene rings is 1. The van der Waals surface area contributed by atoms with Crippen molar-refractivity contribution in [3.8, 4) is 11.5 Å². The van der Waals surface area contributed by atoms with Crippen molar-refractivity contribution in [2.45, 2.75) is 19.5 Å². The monoisotopic (exact) mass is 336 g/mol. The molecule has 2 heterocycles. The van der Waals surface area contributed by atoms with Gasteiger partial charge in [0, 0.05) is 12.6 Å². The zero-order chi connectivity index (χ0) is 17.3. The van der Waals surface area contributed by atoms with Crippen molar-refractivity contribution < 1.29 is 17.7 Å². The summed E-state index contributed by atoms with van der Waals surface area (Å²) in [5.41, 5.74) is 1.31. The second kappa shape index (κ2) is 5.91. The van der Waals surface area contributed by atoms with Gasteiger partial charge < -0.3 is 0 Å². The normalized spacial score (nSPS) is 11.7. The Kier molecular flexibility index (Phi) is 3.92. The number of rotatable bonds is 3. The van der Waals surface area contributed by atoms with Crippen molar-refractivity contribution in [2.75, 3.05) is 0 Å². The third kappa shape index (κ3) is 3.34. The van der Waals surface area contributed by atoms with Gasteiger partial charge in [-0.2, -0.15) is 13.2 Å². The van der Waals surface area contributed by atoms with Crippen LogP contribution in [0.3, 0.4) is 0 Å². The Balaban J connectivity index is 1.95. The minimum Gasteiger partial charge on any atom is -0.296 e. The molecular weight excluding hydrogens is 325 g/mol. The number of aromatic nitrogens is 4. The molecule has 3 rings (SSSR count). The maximum atomic E-state index is 12.6. The molecule has 0 atom stereocenters. The van der Waals surface area contributed by atoms with Gasteiger partial charge in [0.15, 0.2) is 0 Å². The minimum atomic E-state index is -4.38. The van der Waals surface area contributed by atoms with Gasteiger partial charge in [-0.25, -0.2) is 9.78 Å². The molecule has 1 aromatic carbocycles. The number of hydrogen-bond acceptors (Lipinski definition) is 5. The first-order chi connectivity index (χ1) is 11.3. The predicted octanol–water partition coefficient (Wildman–Crippen LogP) is 2.74. The van der Waals surface area contributed by atoms with E-state index in [1.807, 2.05) is 0 Å². The second-order valence-electron chi connectivity index (χ2n) is 5.12. The lowest BCUT2D eigenvalue weighted by molar-refractivity contribution is -0.137. The highest BCUT2D eigenvalue weighted by Crippen LogP contribution is 2.29. The summed E-state index contributed by atoms with van der Waals surface area (Å²) in [6.45, 7) is 1.73. The van der Waals surface area contributed by atoms with Crippen molar-refractivity contribution in [1.29, 1.82) is 0 Å². The van der Waals surface area contributed by atoms with Gasteiger partial charge in [0.1, 0.15) is 5.69 Å². The van der Waals surface area contributed by atoms with Crippen molar-refractivity contribution in [1.82, 2.24) is 20.1 Å². The molecule has 24 heavy (non-hydrogen) atoms. The zero-order valence-corrected chi connectivity index (χ0v) is 12.4. The summed E-state index contributed by atoms with van der Waals surface area (Å²) >= 11 is 0. The van der Waals surface area contributed by atoms with Crippen molar-refractivity contribution in [3.63, 3.8) is 0 Å². The number of aromatic amines is 1. The SMILES string of the molecule is Cc1cnc(-c2noc(=O)[nH]2)c(Cc2ccc(C(F)(F)F)cc2)n1. The maximum absolute atomic E-state index is 12.6. The van der Waals surface area contributed by atoms with Gasteiger partial charge in [0.05, 0.1) is 17.0 Å². The molecule has 6 nitrogen and oxygen atoms in total. The third-order valence-electron chi connectivity index (χ3n) is 3.28. The van der Waals surface area contributed by atoms with Crippen LogP contribution in [0.1, 0.15) is 22.5 Å². The Morgan fingerprint density at radius 2 is 1.92 bits per heavy atom. The molecule has 0 bridgehead atoms. The molecule has 1 N–H and O–H groups in total. The molecule has 9 heteroatoms. The zero-order valence-electron chi connectivity index (χ0n) is 12.4. The van der Waals surface area contributed by atoms with Crippen LogP contribution in [0.5, 0.6) is 0 Å². The summed E-state index contributed by atoms with van der Waals surface area (Å²) in [6, 6.07) is 4.77. The van der Waals surface area contributed by atoms with E-state index in [2.05, 4.69) is 24.6 Å². The van der Waals surface area contributed by atoms with Crippen LogP contribution in [0.15, 0.2) is 39.8 Å². The Labute approximate surface area is 133 Å². The standard InChI is InChI=1S/C15H11F3N4O2/c1-8-7-19-12(13-21-14(23)24-22-13)11(20-8)6-9-2-4-10(5-3-9)15(16,17)18/h2-5,7H,6H2,1H3,(H,21,22,23). The molecule has 0 amide bonds. The van der Waals surface area contributed by atoms with E-state index in [0.717, 1.165) is 12.1 Å². The molecule has 0 aliphatic rings. The first-order valence-electron chi connectivity index (χ1n) is 6.88.